The molecule has 1 heterocycles. The van der Waals surface area contributed by atoms with Gasteiger partial charge in [0.1, 0.15) is 11.6 Å². The Morgan fingerprint density at radius 1 is 0.651 bits per heavy atom. The molecule has 0 atom stereocenters. The summed E-state index contributed by atoms with van der Waals surface area (Å²) in [6, 6.07) is 0. The number of rotatable bonds is 31. The van der Waals surface area contributed by atoms with Gasteiger partial charge in [0.05, 0.1) is 5.92 Å². The number of ether oxygens (including phenoxy) is 1. The molecule has 1 saturated heterocycles. The topological polar surface area (TPSA) is 63.7 Å². The van der Waals surface area contributed by atoms with Crippen LogP contribution in [-0.2, 0) is 19.1 Å². The number of hydrogen-bond acceptors (Lipinski definition) is 5. The predicted molar refractivity (Wildman–Crippen MR) is 281 cm³/mol. The molecule has 0 N–H and O–H groups in total. The normalized spacial score (nSPS) is 14.2. The highest BCUT2D eigenvalue weighted by atomic mass is 16.5. The minimum Gasteiger partial charge on any atom is -0.385 e. The van der Waals surface area contributed by atoms with E-state index in [4.69, 9.17) is 4.74 Å². The molecular formula is C58H110NO4. The lowest BCUT2D eigenvalue weighted by atomic mass is 9.83. The van der Waals surface area contributed by atoms with Gasteiger partial charge in [-0.15, -0.1) is 0 Å². The molecule has 3 aliphatic carbocycles. The summed E-state index contributed by atoms with van der Waals surface area (Å²) in [7, 11) is 1.75. The number of nitrogens with zero attached hydrogens (tertiary/aromatic N) is 1. The van der Waals surface area contributed by atoms with Gasteiger partial charge in [-0.1, -0.05) is 210 Å². The molecule has 0 aromatic carbocycles. The smallest absolute Gasteiger partial charge is 0.159 e. The molecule has 5 heteroatoms. The van der Waals surface area contributed by atoms with E-state index in [2.05, 4.69) is 58.1 Å². The molecule has 63 heavy (non-hydrogen) atoms. The molecule has 1 fully saturated rings. The lowest BCUT2D eigenvalue weighted by Crippen LogP contribution is -2.21. The zero-order chi connectivity index (χ0) is 47.4. The van der Waals surface area contributed by atoms with E-state index in [1.54, 1.807) is 14.0 Å². The highest BCUT2D eigenvalue weighted by Gasteiger charge is 2.31. The van der Waals surface area contributed by atoms with Crippen molar-refractivity contribution in [3.8, 4) is 0 Å². The third-order valence-electron chi connectivity index (χ3n) is 11.5. The van der Waals surface area contributed by atoms with Gasteiger partial charge >= 0.3 is 0 Å². The molecule has 0 bridgehead atoms. The molecule has 4 rings (SSSR count). The molecule has 0 unspecified atom stereocenters. The van der Waals surface area contributed by atoms with Crippen LogP contribution in [0, 0.1) is 30.1 Å². The molecule has 0 aromatic heterocycles. The van der Waals surface area contributed by atoms with Crippen LogP contribution >= 0.6 is 0 Å². The SMILES string of the molecule is C.CC.CC.CC.CC(=O)C(C)(C)CCCCCCN1CCCC1.CC(C)C1=C[CH]1.CCCC(=O)C1=C[CH]1.CCCCCCCCCCCC1=C[C]1C(=O)CCCCCCCOC. The van der Waals surface area contributed by atoms with Gasteiger partial charge in [-0.25, -0.2) is 0 Å². The molecule has 3 radical (unpaired) electrons. The summed E-state index contributed by atoms with van der Waals surface area (Å²) in [5, 5.41) is 0. The zero-order valence-corrected chi connectivity index (χ0v) is 44.1. The number of allylic oxidation sites excluding steroid dienone is 6. The quantitative estimate of drug-likeness (QED) is 0.0649. The molecule has 0 spiro atoms. The van der Waals surface area contributed by atoms with Gasteiger partial charge in [0, 0.05) is 44.8 Å². The highest BCUT2D eigenvalue weighted by molar-refractivity contribution is 6.04. The number of ketones is 3. The molecular weight excluding hydrogens is 775 g/mol. The maximum absolute atomic E-state index is 12.1. The van der Waals surface area contributed by atoms with Crippen molar-refractivity contribution >= 4 is 17.3 Å². The Kier molecular flexibility index (Phi) is 51.7. The van der Waals surface area contributed by atoms with Crippen LogP contribution < -0.4 is 0 Å². The van der Waals surface area contributed by atoms with Crippen molar-refractivity contribution in [2.75, 3.05) is 33.4 Å². The molecule has 0 amide bonds. The Morgan fingerprint density at radius 2 is 1.14 bits per heavy atom. The summed E-state index contributed by atoms with van der Waals surface area (Å²) in [5.74, 6) is 2.86. The van der Waals surface area contributed by atoms with Crippen LogP contribution in [0.4, 0.5) is 0 Å². The monoisotopic (exact) mass is 885 g/mol. The first-order valence-electron chi connectivity index (χ1n) is 26.4. The van der Waals surface area contributed by atoms with Crippen molar-refractivity contribution in [1.29, 1.82) is 0 Å². The van der Waals surface area contributed by atoms with E-state index in [1.807, 2.05) is 61.0 Å². The van der Waals surface area contributed by atoms with Crippen LogP contribution in [0.3, 0.4) is 0 Å². The van der Waals surface area contributed by atoms with Gasteiger partial charge in [0.15, 0.2) is 5.78 Å². The van der Waals surface area contributed by atoms with Gasteiger partial charge in [-0.2, -0.15) is 0 Å². The standard InChI is InChI=1S/C23H41O2.C15H29NO.C7H9O.C6H9.3C2H6.CH4/c1-3-4-5-6-7-8-9-11-14-17-21-20-22(21)23(24)18-15-12-10-13-16-19-25-2;1-14(17)15(2,3)10-6-4-5-7-11-16-12-8-9-13-16;1-2-3-7(8)6-4-5-6;1-5(2)6-3-4-6;3*1-2;/h20H,3-19H2,1-2H3;4-13H2,1-3H3;4-5H,2-3H2,1H3;3-5H,1-2H3;3*1-2H3;1H4. The molecule has 0 saturated carbocycles. The largest absolute Gasteiger partial charge is 0.385 e. The van der Waals surface area contributed by atoms with E-state index in [9.17, 15) is 14.4 Å². The van der Waals surface area contributed by atoms with E-state index in [0.717, 1.165) is 62.5 Å². The Labute approximate surface area is 396 Å². The predicted octanol–water partition coefficient (Wildman–Crippen LogP) is 17.6. The number of hydrogen-bond donors (Lipinski definition) is 0. The Balaban J connectivity index is -0.000000392. The summed E-state index contributed by atoms with van der Waals surface area (Å²) in [6.45, 7) is 31.3. The van der Waals surface area contributed by atoms with Crippen LogP contribution in [-0.4, -0.2) is 55.6 Å². The number of methoxy groups -OCH3 is 1. The van der Waals surface area contributed by atoms with Gasteiger partial charge in [0.2, 0.25) is 0 Å². The maximum atomic E-state index is 12.1. The van der Waals surface area contributed by atoms with E-state index in [-0.39, 0.29) is 12.8 Å². The average molecular weight is 886 g/mol. The minimum atomic E-state index is -0.102. The van der Waals surface area contributed by atoms with Crippen molar-refractivity contribution in [2.24, 2.45) is 11.3 Å². The number of likely N-dealkylation sites (tertiary alicyclic amines) is 1. The van der Waals surface area contributed by atoms with E-state index in [0.29, 0.717) is 23.8 Å². The second kappa shape index (κ2) is 48.1. The number of unbranched alkanes of at least 4 members (excludes halogenated alkanes) is 15. The number of Topliss-reactive ketones (excluding diaryl/α,β-unsaturated/α-hetero) is 3. The van der Waals surface area contributed by atoms with E-state index >= 15 is 0 Å². The third-order valence-corrected chi connectivity index (χ3v) is 11.5. The van der Waals surface area contributed by atoms with Gasteiger partial charge in [-0.3, -0.25) is 14.4 Å². The summed E-state index contributed by atoms with van der Waals surface area (Å²) in [6.07, 6.45) is 40.8. The summed E-state index contributed by atoms with van der Waals surface area (Å²) in [5.41, 5.74) is 3.68. The molecule has 0 aromatic rings. The fraction of sp³-hybridized carbons (Fsp3) is 0.793. The number of carbonyl (C=O) groups is 3. The molecule has 1 aliphatic heterocycles. The van der Waals surface area contributed by atoms with Gasteiger partial charge in [0.25, 0.3) is 0 Å². The first-order chi connectivity index (χ1) is 30.0. The summed E-state index contributed by atoms with van der Waals surface area (Å²) in [4.78, 5) is 36.7. The fourth-order valence-corrected chi connectivity index (χ4v) is 6.90. The van der Waals surface area contributed by atoms with Crippen LogP contribution in [0.5, 0.6) is 0 Å². The van der Waals surface area contributed by atoms with Gasteiger partial charge in [-0.05, 0) is 95.8 Å². The fourth-order valence-electron chi connectivity index (χ4n) is 6.90. The Hall–Kier alpha value is -1.85. The third kappa shape index (κ3) is 43.8. The second-order valence-corrected chi connectivity index (χ2v) is 17.7. The molecule has 5 nitrogen and oxygen atoms in total. The first kappa shape index (κ1) is 67.7. The highest BCUT2D eigenvalue weighted by Crippen LogP contribution is 2.37. The Bertz CT molecular complexity index is 1140. The lowest BCUT2D eigenvalue weighted by Gasteiger charge is -2.20. The first-order valence-corrected chi connectivity index (χ1v) is 26.4. The zero-order valence-electron chi connectivity index (χ0n) is 44.1. The minimum absolute atomic E-state index is 0. The lowest BCUT2D eigenvalue weighted by molar-refractivity contribution is -0.125. The van der Waals surface area contributed by atoms with Crippen molar-refractivity contribution in [3.63, 3.8) is 0 Å². The van der Waals surface area contributed by atoms with E-state index < -0.39 is 0 Å². The van der Waals surface area contributed by atoms with Crippen molar-refractivity contribution in [2.45, 2.75) is 258 Å². The molecule has 371 valence electrons. The van der Waals surface area contributed by atoms with Gasteiger partial charge < -0.3 is 9.64 Å². The summed E-state index contributed by atoms with van der Waals surface area (Å²) >= 11 is 0. The molecule has 4 aliphatic rings. The van der Waals surface area contributed by atoms with Crippen molar-refractivity contribution in [3.05, 3.63) is 53.7 Å². The van der Waals surface area contributed by atoms with Crippen LogP contribution in [0.1, 0.15) is 258 Å². The summed E-state index contributed by atoms with van der Waals surface area (Å²) < 4.78 is 5.05. The van der Waals surface area contributed by atoms with Crippen LogP contribution in [0.15, 0.2) is 34.9 Å². The second-order valence-electron chi connectivity index (χ2n) is 17.7. The Morgan fingerprint density at radius 3 is 1.60 bits per heavy atom. The number of carbonyl (C=O) groups excluding carboxylic acids is 3. The van der Waals surface area contributed by atoms with Crippen LogP contribution in [0.2, 0.25) is 0 Å². The average Bonchev–Trinajstić information content (AvgIpc) is 4.17. The van der Waals surface area contributed by atoms with E-state index in [1.165, 1.54) is 146 Å². The maximum Gasteiger partial charge on any atom is 0.159 e. The van der Waals surface area contributed by atoms with Crippen molar-refractivity contribution in [1.82, 2.24) is 4.90 Å². The van der Waals surface area contributed by atoms with Crippen LogP contribution in [0.25, 0.3) is 0 Å². The van der Waals surface area contributed by atoms with Crippen molar-refractivity contribution < 1.29 is 19.1 Å².